The van der Waals surface area contributed by atoms with E-state index in [1.165, 1.54) is 0 Å². The number of halogens is 3. The maximum atomic E-state index is 6.18. The van der Waals surface area contributed by atoms with Gasteiger partial charge in [0.1, 0.15) is 16.9 Å². The summed E-state index contributed by atoms with van der Waals surface area (Å²) in [6, 6.07) is 7.24. The second-order valence-corrected chi connectivity index (χ2v) is 6.97. The fourth-order valence-electron chi connectivity index (χ4n) is 1.76. The number of hydrogen-bond donors (Lipinski definition) is 1. The molecule has 2 atom stereocenters. The van der Waals surface area contributed by atoms with Gasteiger partial charge in [-0.1, -0.05) is 36.2 Å². The van der Waals surface area contributed by atoms with Crippen LogP contribution < -0.4 is 10.5 Å². The molecule has 2 N–H and O–H groups in total. The molecular weight excluding hydrogens is 381 g/mol. The first-order valence-electron chi connectivity index (χ1n) is 6.13. The number of nitrogens with two attached hydrogens (primary N) is 1. The zero-order valence-corrected chi connectivity index (χ0v) is 14.7. The van der Waals surface area contributed by atoms with Crippen molar-refractivity contribution in [3.8, 4) is 5.75 Å². The van der Waals surface area contributed by atoms with Gasteiger partial charge in [-0.2, -0.15) is 0 Å². The van der Waals surface area contributed by atoms with Crippen LogP contribution in [-0.4, -0.2) is 6.04 Å². The van der Waals surface area contributed by atoms with Crippen LogP contribution in [-0.2, 0) is 0 Å². The lowest BCUT2D eigenvalue weighted by Crippen LogP contribution is -2.31. The molecular formula is C14H14BrCl2NOS. The largest absolute Gasteiger partial charge is 0.482 e. The summed E-state index contributed by atoms with van der Waals surface area (Å²) in [5.74, 6) is 0.553. The number of hydrogen-bond acceptors (Lipinski definition) is 3. The monoisotopic (exact) mass is 393 g/mol. The van der Waals surface area contributed by atoms with Gasteiger partial charge in [-0.25, -0.2) is 0 Å². The van der Waals surface area contributed by atoms with Crippen LogP contribution in [0.1, 0.15) is 24.3 Å². The highest BCUT2D eigenvalue weighted by molar-refractivity contribution is 9.10. The summed E-state index contributed by atoms with van der Waals surface area (Å²) in [7, 11) is 0. The molecule has 0 aliphatic carbocycles. The van der Waals surface area contributed by atoms with E-state index < -0.39 is 0 Å². The second kappa shape index (κ2) is 7.14. The van der Waals surface area contributed by atoms with E-state index in [0.717, 1.165) is 15.8 Å². The van der Waals surface area contributed by atoms with Crippen LogP contribution in [0.3, 0.4) is 0 Å². The molecule has 1 heterocycles. The SMILES string of the molecule is CCC(N)C(Oc1cccc(Cl)c1Cl)c1cc(Br)cs1. The topological polar surface area (TPSA) is 35.2 Å². The Kier molecular flexibility index (Phi) is 5.75. The van der Waals surface area contributed by atoms with Gasteiger partial charge < -0.3 is 10.5 Å². The molecule has 6 heteroatoms. The van der Waals surface area contributed by atoms with Crippen molar-refractivity contribution in [2.45, 2.75) is 25.5 Å². The molecule has 0 spiro atoms. The van der Waals surface area contributed by atoms with E-state index in [2.05, 4.69) is 15.9 Å². The van der Waals surface area contributed by atoms with Gasteiger partial charge in [0.05, 0.1) is 5.02 Å². The van der Waals surface area contributed by atoms with Gasteiger partial charge >= 0.3 is 0 Å². The fraction of sp³-hybridized carbons (Fsp3) is 0.286. The molecule has 0 saturated carbocycles. The Morgan fingerprint density at radius 1 is 1.40 bits per heavy atom. The lowest BCUT2D eigenvalue weighted by atomic mass is 10.1. The van der Waals surface area contributed by atoms with E-state index in [1.54, 1.807) is 23.5 Å². The van der Waals surface area contributed by atoms with E-state index in [1.807, 2.05) is 24.4 Å². The van der Waals surface area contributed by atoms with E-state index in [4.69, 9.17) is 33.7 Å². The predicted molar refractivity (Wildman–Crippen MR) is 90.1 cm³/mol. The molecule has 1 aromatic heterocycles. The molecule has 2 aromatic rings. The second-order valence-electron chi connectivity index (χ2n) is 4.33. The summed E-state index contributed by atoms with van der Waals surface area (Å²) < 4.78 is 7.05. The van der Waals surface area contributed by atoms with Crippen molar-refractivity contribution in [2.24, 2.45) is 5.73 Å². The quantitative estimate of drug-likeness (QED) is 0.708. The average Bonchev–Trinajstić information content (AvgIpc) is 2.86. The first-order valence-corrected chi connectivity index (χ1v) is 8.56. The molecule has 0 radical (unpaired) electrons. The van der Waals surface area contributed by atoms with Crippen molar-refractivity contribution in [3.63, 3.8) is 0 Å². The Hall–Kier alpha value is -0.260. The molecule has 0 bridgehead atoms. The summed E-state index contributed by atoms with van der Waals surface area (Å²) >= 11 is 17.2. The standard InChI is InChI=1S/C14H14BrCl2NOS/c1-2-10(18)14(12-6-8(15)7-20-12)19-11-5-3-4-9(16)13(11)17/h3-7,10,14H,2,18H2,1H3. The van der Waals surface area contributed by atoms with Crippen molar-refractivity contribution in [1.29, 1.82) is 0 Å². The lowest BCUT2D eigenvalue weighted by molar-refractivity contribution is 0.175. The zero-order chi connectivity index (χ0) is 14.7. The van der Waals surface area contributed by atoms with Crippen molar-refractivity contribution >= 4 is 50.5 Å². The highest BCUT2D eigenvalue weighted by Crippen LogP contribution is 2.37. The molecule has 0 amide bonds. The van der Waals surface area contributed by atoms with Crippen LogP contribution in [0.5, 0.6) is 5.75 Å². The van der Waals surface area contributed by atoms with Crippen molar-refractivity contribution in [2.75, 3.05) is 0 Å². The van der Waals surface area contributed by atoms with E-state index in [0.29, 0.717) is 15.8 Å². The van der Waals surface area contributed by atoms with Gasteiger partial charge in [-0.3, -0.25) is 0 Å². The van der Waals surface area contributed by atoms with Crippen LogP contribution in [0.25, 0.3) is 0 Å². The Bertz CT molecular complexity index is 590. The molecule has 0 fully saturated rings. The molecule has 2 nitrogen and oxygen atoms in total. The Morgan fingerprint density at radius 3 is 2.75 bits per heavy atom. The summed E-state index contributed by atoms with van der Waals surface area (Å²) in [6.07, 6.45) is 0.561. The minimum atomic E-state index is -0.243. The first-order chi connectivity index (χ1) is 9.52. The van der Waals surface area contributed by atoms with Gasteiger partial charge in [0.15, 0.2) is 0 Å². The summed E-state index contributed by atoms with van der Waals surface area (Å²) in [6.45, 7) is 2.03. The zero-order valence-electron chi connectivity index (χ0n) is 10.8. The lowest BCUT2D eigenvalue weighted by Gasteiger charge is -2.24. The Labute approximate surface area is 141 Å². The summed E-state index contributed by atoms with van der Waals surface area (Å²) in [5, 5.41) is 2.90. The Balaban J connectivity index is 2.31. The fourth-order valence-corrected chi connectivity index (χ4v) is 3.64. The normalized spacial score (nSPS) is 14.1. The minimum absolute atomic E-state index is 0.115. The van der Waals surface area contributed by atoms with Crippen LogP contribution >= 0.6 is 50.5 Å². The molecule has 20 heavy (non-hydrogen) atoms. The smallest absolute Gasteiger partial charge is 0.148 e. The van der Waals surface area contributed by atoms with Gasteiger partial charge in [0.2, 0.25) is 0 Å². The van der Waals surface area contributed by atoms with Crippen LogP contribution in [0.15, 0.2) is 34.1 Å². The third kappa shape index (κ3) is 3.68. The van der Waals surface area contributed by atoms with E-state index in [9.17, 15) is 0 Å². The van der Waals surface area contributed by atoms with Crippen molar-refractivity contribution in [3.05, 3.63) is 49.0 Å². The first kappa shape index (κ1) is 16.1. The van der Waals surface area contributed by atoms with Gasteiger partial charge in [0, 0.05) is 20.8 Å². The number of rotatable bonds is 5. The van der Waals surface area contributed by atoms with Gasteiger partial charge in [0.25, 0.3) is 0 Å². The van der Waals surface area contributed by atoms with Crippen LogP contribution in [0.2, 0.25) is 10.0 Å². The number of benzene rings is 1. The Morgan fingerprint density at radius 2 is 2.15 bits per heavy atom. The molecule has 0 aliphatic heterocycles. The maximum absolute atomic E-state index is 6.18. The molecule has 1 aromatic carbocycles. The highest BCUT2D eigenvalue weighted by atomic mass is 79.9. The summed E-state index contributed by atoms with van der Waals surface area (Å²) in [4.78, 5) is 1.06. The summed E-state index contributed by atoms with van der Waals surface area (Å²) in [5.41, 5.74) is 6.18. The molecule has 0 aliphatic rings. The maximum Gasteiger partial charge on any atom is 0.148 e. The average molecular weight is 395 g/mol. The van der Waals surface area contributed by atoms with E-state index >= 15 is 0 Å². The van der Waals surface area contributed by atoms with Crippen LogP contribution in [0.4, 0.5) is 0 Å². The number of thiophene rings is 1. The van der Waals surface area contributed by atoms with E-state index in [-0.39, 0.29) is 12.1 Å². The van der Waals surface area contributed by atoms with Gasteiger partial charge in [-0.05, 0) is 40.5 Å². The molecule has 108 valence electrons. The number of ether oxygens (including phenoxy) is 1. The third-order valence-electron chi connectivity index (χ3n) is 2.90. The van der Waals surface area contributed by atoms with Crippen molar-refractivity contribution in [1.82, 2.24) is 0 Å². The van der Waals surface area contributed by atoms with Crippen molar-refractivity contribution < 1.29 is 4.74 Å². The predicted octanol–water partition coefficient (Wildman–Crippen LogP) is 5.67. The van der Waals surface area contributed by atoms with Crippen LogP contribution in [0, 0.1) is 0 Å². The molecule has 0 saturated heterocycles. The highest BCUT2D eigenvalue weighted by Gasteiger charge is 2.23. The third-order valence-corrected chi connectivity index (χ3v) is 5.46. The molecule has 2 unspecified atom stereocenters. The minimum Gasteiger partial charge on any atom is -0.482 e. The van der Waals surface area contributed by atoms with Gasteiger partial charge in [-0.15, -0.1) is 11.3 Å². The molecule has 2 rings (SSSR count).